The average molecular weight is 541 g/mol. The SMILES string of the molecule is CCOc1cc(C=NNC(=O)Cc2ccc(OC)c(OC)c2)ccc1OC(=O)c1ccc(Br)cc1. The predicted molar refractivity (Wildman–Crippen MR) is 136 cm³/mol. The first-order valence-corrected chi connectivity index (χ1v) is 11.5. The molecule has 0 aliphatic rings. The van der Waals surface area contributed by atoms with Crippen LogP contribution in [0.2, 0.25) is 0 Å². The lowest BCUT2D eigenvalue weighted by atomic mass is 10.1. The van der Waals surface area contributed by atoms with Crippen LogP contribution in [0.3, 0.4) is 0 Å². The largest absolute Gasteiger partial charge is 0.493 e. The van der Waals surface area contributed by atoms with Gasteiger partial charge >= 0.3 is 5.97 Å². The van der Waals surface area contributed by atoms with Crippen molar-refractivity contribution in [2.75, 3.05) is 20.8 Å². The Morgan fingerprint density at radius 3 is 2.31 bits per heavy atom. The second-order valence-corrected chi connectivity index (χ2v) is 8.11. The van der Waals surface area contributed by atoms with Crippen LogP contribution in [0.25, 0.3) is 0 Å². The van der Waals surface area contributed by atoms with Gasteiger partial charge in [-0.2, -0.15) is 5.10 Å². The lowest BCUT2D eigenvalue weighted by Gasteiger charge is -2.11. The van der Waals surface area contributed by atoms with E-state index in [1.165, 1.54) is 13.3 Å². The Hall–Kier alpha value is -3.85. The Balaban J connectivity index is 1.63. The number of carbonyl (C=O) groups excluding carboxylic acids is 2. The van der Waals surface area contributed by atoms with Crippen LogP contribution in [0.1, 0.15) is 28.4 Å². The zero-order chi connectivity index (χ0) is 25.2. The van der Waals surface area contributed by atoms with Crippen molar-refractivity contribution in [3.8, 4) is 23.0 Å². The van der Waals surface area contributed by atoms with E-state index in [2.05, 4.69) is 26.5 Å². The van der Waals surface area contributed by atoms with Crippen molar-refractivity contribution in [3.05, 3.63) is 81.8 Å². The smallest absolute Gasteiger partial charge is 0.343 e. The van der Waals surface area contributed by atoms with Crippen molar-refractivity contribution in [2.45, 2.75) is 13.3 Å². The topological polar surface area (TPSA) is 95.5 Å². The van der Waals surface area contributed by atoms with Crippen LogP contribution in [0, 0.1) is 0 Å². The van der Waals surface area contributed by atoms with Crippen LogP contribution in [0.15, 0.2) is 70.2 Å². The maximum Gasteiger partial charge on any atom is 0.343 e. The molecule has 1 N–H and O–H groups in total. The monoisotopic (exact) mass is 540 g/mol. The van der Waals surface area contributed by atoms with Crippen molar-refractivity contribution in [1.82, 2.24) is 5.43 Å². The highest BCUT2D eigenvalue weighted by molar-refractivity contribution is 9.10. The number of hydrogen-bond donors (Lipinski definition) is 1. The zero-order valence-electron chi connectivity index (χ0n) is 19.5. The van der Waals surface area contributed by atoms with Gasteiger partial charge in [0.1, 0.15) is 0 Å². The van der Waals surface area contributed by atoms with Crippen molar-refractivity contribution in [3.63, 3.8) is 0 Å². The van der Waals surface area contributed by atoms with Crippen molar-refractivity contribution in [2.24, 2.45) is 5.10 Å². The summed E-state index contributed by atoms with van der Waals surface area (Å²) < 4.78 is 22.5. The fraction of sp³-hybridized carbons (Fsp3) is 0.192. The minimum atomic E-state index is -0.498. The Kier molecular flexibility index (Phi) is 9.25. The third-order valence-electron chi connectivity index (χ3n) is 4.77. The van der Waals surface area contributed by atoms with Gasteiger partial charge in [-0.05, 0) is 72.6 Å². The molecule has 0 saturated carbocycles. The third-order valence-corrected chi connectivity index (χ3v) is 5.29. The summed E-state index contributed by atoms with van der Waals surface area (Å²) in [5.74, 6) is 1.02. The maximum absolute atomic E-state index is 12.5. The van der Waals surface area contributed by atoms with Crippen LogP contribution in [0.5, 0.6) is 23.0 Å². The summed E-state index contributed by atoms with van der Waals surface area (Å²) in [5.41, 5.74) is 4.33. The van der Waals surface area contributed by atoms with E-state index in [4.69, 9.17) is 18.9 Å². The van der Waals surface area contributed by atoms with Crippen molar-refractivity contribution >= 4 is 34.0 Å². The number of rotatable bonds is 10. The number of methoxy groups -OCH3 is 2. The second kappa shape index (κ2) is 12.6. The van der Waals surface area contributed by atoms with Gasteiger partial charge in [0.2, 0.25) is 5.91 Å². The number of nitrogens with zero attached hydrogens (tertiary/aromatic N) is 1. The van der Waals surface area contributed by atoms with Gasteiger partial charge in [-0.15, -0.1) is 0 Å². The molecule has 0 unspecified atom stereocenters. The molecule has 9 heteroatoms. The van der Waals surface area contributed by atoms with Gasteiger partial charge in [0.25, 0.3) is 0 Å². The lowest BCUT2D eigenvalue weighted by Crippen LogP contribution is -2.19. The van der Waals surface area contributed by atoms with E-state index in [1.54, 1.807) is 67.8 Å². The second-order valence-electron chi connectivity index (χ2n) is 7.19. The number of amides is 1. The van der Waals surface area contributed by atoms with E-state index in [0.29, 0.717) is 35.0 Å². The molecule has 3 rings (SSSR count). The molecular formula is C26H25BrN2O6. The Morgan fingerprint density at radius 1 is 0.914 bits per heavy atom. The molecule has 0 heterocycles. The Labute approximate surface area is 212 Å². The number of carbonyl (C=O) groups is 2. The summed E-state index contributed by atoms with van der Waals surface area (Å²) >= 11 is 3.34. The highest BCUT2D eigenvalue weighted by Gasteiger charge is 2.13. The van der Waals surface area contributed by atoms with Gasteiger partial charge in [0.05, 0.1) is 39.0 Å². The quantitative estimate of drug-likeness (QED) is 0.172. The van der Waals surface area contributed by atoms with E-state index in [0.717, 1.165) is 10.0 Å². The maximum atomic E-state index is 12.5. The Bertz CT molecular complexity index is 1210. The van der Waals surface area contributed by atoms with E-state index in [-0.39, 0.29) is 18.1 Å². The molecule has 0 aliphatic carbocycles. The van der Waals surface area contributed by atoms with Crippen molar-refractivity contribution < 1.29 is 28.5 Å². The van der Waals surface area contributed by atoms with Crippen LogP contribution in [0.4, 0.5) is 0 Å². The highest BCUT2D eigenvalue weighted by atomic mass is 79.9. The number of benzene rings is 3. The van der Waals surface area contributed by atoms with Gasteiger partial charge in [0, 0.05) is 4.47 Å². The van der Waals surface area contributed by atoms with Crippen LogP contribution in [-0.4, -0.2) is 38.9 Å². The normalized spacial score (nSPS) is 10.6. The van der Waals surface area contributed by atoms with Gasteiger partial charge in [-0.3, -0.25) is 4.79 Å². The summed E-state index contributed by atoms with van der Waals surface area (Å²) in [6.45, 7) is 2.21. The molecule has 8 nitrogen and oxygen atoms in total. The standard InChI is InChI=1S/C26H25BrN2O6/c1-4-34-24-14-18(6-12-22(24)35-26(31)19-7-9-20(27)10-8-19)16-28-29-25(30)15-17-5-11-21(32-2)23(13-17)33-3/h5-14,16H,4,15H2,1-3H3,(H,29,30). The molecule has 182 valence electrons. The van der Waals surface area contributed by atoms with Gasteiger partial charge in [0.15, 0.2) is 23.0 Å². The number of nitrogens with one attached hydrogen (secondary N) is 1. The molecule has 0 radical (unpaired) electrons. The molecule has 0 aromatic heterocycles. The zero-order valence-corrected chi connectivity index (χ0v) is 21.1. The van der Waals surface area contributed by atoms with Crippen molar-refractivity contribution in [1.29, 1.82) is 0 Å². The molecule has 35 heavy (non-hydrogen) atoms. The molecule has 0 atom stereocenters. The van der Waals surface area contributed by atoms with Gasteiger partial charge in [-0.25, -0.2) is 10.2 Å². The molecule has 3 aromatic rings. The fourth-order valence-corrected chi connectivity index (χ4v) is 3.36. The summed E-state index contributed by atoms with van der Waals surface area (Å²) in [6.07, 6.45) is 1.60. The summed E-state index contributed by atoms with van der Waals surface area (Å²) in [5, 5.41) is 4.01. The van der Waals surface area contributed by atoms with Gasteiger partial charge in [-0.1, -0.05) is 22.0 Å². The highest BCUT2D eigenvalue weighted by Crippen LogP contribution is 2.29. The Morgan fingerprint density at radius 2 is 1.63 bits per heavy atom. The van der Waals surface area contributed by atoms with E-state index >= 15 is 0 Å². The van der Waals surface area contributed by atoms with Crippen LogP contribution in [-0.2, 0) is 11.2 Å². The molecule has 0 bridgehead atoms. The first-order chi connectivity index (χ1) is 16.9. The van der Waals surface area contributed by atoms with E-state index < -0.39 is 5.97 Å². The number of esters is 1. The molecular weight excluding hydrogens is 516 g/mol. The number of ether oxygens (including phenoxy) is 4. The molecule has 3 aromatic carbocycles. The number of hydrogen-bond acceptors (Lipinski definition) is 7. The van der Waals surface area contributed by atoms with Crippen LogP contribution >= 0.6 is 15.9 Å². The van der Waals surface area contributed by atoms with E-state index in [1.807, 2.05) is 6.92 Å². The minimum Gasteiger partial charge on any atom is -0.493 e. The van der Waals surface area contributed by atoms with Gasteiger partial charge < -0.3 is 18.9 Å². The number of halogens is 1. The predicted octanol–water partition coefficient (Wildman–Crippen LogP) is 4.78. The first kappa shape index (κ1) is 25.8. The third kappa shape index (κ3) is 7.31. The first-order valence-electron chi connectivity index (χ1n) is 10.7. The molecule has 0 spiro atoms. The summed E-state index contributed by atoms with van der Waals surface area (Å²) in [4.78, 5) is 24.7. The molecule has 0 aliphatic heterocycles. The van der Waals surface area contributed by atoms with Crippen LogP contribution < -0.4 is 24.4 Å². The summed E-state index contributed by atoms with van der Waals surface area (Å²) in [6, 6.07) is 17.1. The van der Waals surface area contributed by atoms with E-state index in [9.17, 15) is 9.59 Å². The molecule has 0 fully saturated rings. The lowest BCUT2D eigenvalue weighted by molar-refractivity contribution is -0.120. The fourth-order valence-electron chi connectivity index (χ4n) is 3.10. The summed E-state index contributed by atoms with van der Waals surface area (Å²) in [7, 11) is 3.09. The molecule has 1 amide bonds. The molecule has 0 saturated heterocycles. The minimum absolute atomic E-state index is 0.118. The number of hydrazone groups is 1. The average Bonchev–Trinajstić information content (AvgIpc) is 2.86.